The number of carbonyl (C=O) groups excluding carboxylic acids is 1. The molecule has 5 heteroatoms. The Morgan fingerprint density at radius 3 is 2.41 bits per heavy atom. The van der Waals surface area contributed by atoms with Crippen LogP contribution in [0.15, 0.2) is 24.3 Å². The summed E-state index contributed by atoms with van der Waals surface area (Å²) in [5, 5.41) is 7.41. The molecule has 0 saturated carbocycles. The molecule has 1 aromatic carbocycles. The summed E-state index contributed by atoms with van der Waals surface area (Å²) in [6.07, 6.45) is 0.382. The molecule has 0 spiro atoms. The molecule has 118 valence electrons. The summed E-state index contributed by atoms with van der Waals surface area (Å²) in [4.78, 5) is 12.2. The predicted molar refractivity (Wildman–Crippen MR) is 87.4 cm³/mol. The summed E-state index contributed by atoms with van der Waals surface area (Å²) in [6, 6.07) is 7.32. The van der Waals surface area contributed by atoms with E-state index in [-0.39, 0.29) is 11.9 Å². The van der Waals surface area contributed by atoms with Gasteiger partial charge in [-0.3, -0.25) is 9.48 Å². The van der Waals surface area contributed by atoms with Gasteiger partial charge in [-0.1, -0.05) is 0 Å². The third-order valence-corrected chi connectivity index (χ3v) is 3.96. The van der Waals surface area contributed by atoms with E-state index in [0.717, 1.165) is 22.8 Å². The van der Waals surface area contributed by atoms with Gasteiger partial charge in [0.1, 0.15) is 5.75 Å². The summed E-state index contributed by atoms with van der Waals surface area (Å²) in [6.45, 7) is 8.08. The van der Waals surface area contributed by atoms with Crippen molar-refractivity contribution in [2.45, 2.75) is 40.2 Å². The third-order valence-electron chi connectivity index (χ3n) is 3.96. The SMILES string of the molecule is COc1ccc(NC(=O)CC(C)n2nc(C)c(C)c2C)cc1. The van der Waals surface area contributed by atoms with Crippen LogP contribution in [0.4, 0.5) is 5.69 Å². The zero-order valence-electron chi connectivity index (χ0n) is 13.8. The molecule has 1 atom stereocenters. The first-order valence-electron chi connectivity index (χ1n) is 7.38. The number of anilines is 1. The largest absolute Gasteiger partial charge is 0.497 e. The van der Waals surface area contributed by atoms with Crippen molar-refractivity contribution in [1.29, 1.82) is 0 Å². The Morgan fingerprint density at radius 2 is 1.91 bits per heavy atom. The van der Waals surface area contributed by atoms with Crippen LogP contribution in [0.25, 0.3) is 0 Å². The number of hydrogen-bond acceptors (Lipinski definition) is 3. The average Bonchev–Trinajstić information content (AvgIpc) is 2.75. The van der Waals surface area contributed by atoms with Crippen LogP contribution in [-0.2, 0) is 4.79 Å². The van der Waals surface area contributed by atoms with Gasteiger partial charge in [0.15, 0.2) is 0 Å². The van der Waals surface area contributed by atoms with Gasteiger partial charge < -0.3 is 10.1 Å². The molecule has 0 aliphatic carbocycles. The molecule has 5 nitrogen and oxygen atoms in total. The predicted octanol–water partition coefficient (Wildman–Crippen LogP) is 3.41. The van der Waals surface area contributed by atoms with Crippen LogP contribution in [0.2, 0.25) is 0 Å². The molecule has 2 aromatic rings. The quantitative estimate of drug-likeness (QED) is 0.920. The molecular formula is C17H23N3O2. The molecule has 2 rings (SSSR count). The minimum Gasteiger partial charge on any atom is -0.497 e. The second-order valence-corrected chi connectivity index (χ2v) is 5.57. The van der Waals surface area contributed by atoms with Crippen LogP contribution in [0.1, 0.15) is 36.3 Å². The van der Waals surface area contributed by atoms with Crippen LogP contribution in [0.3, 0.4) is 0 Å². The smallest absolute Gasteiger partial charge is 0.226 e. The fraction of sp³-hybridized carbons (Fsp3) is 0.412. The van der Waals surface area contributed by atoms with Crippen LogP contribution < -0.4 is 10.1 Å². The number of hydrogen-bond donors (Lipinski definition) is 1. The molecule has 22 heavy (non-hydrogen) atoms. The van der Waals surface area contributed by atoms with E-state index in [1.807, 2.05) is 49.7 Å². The molecule has 1 unspecified atom stereocenters. The molecule has 0 aliphatic rings. The maximum absolute atomic E-state index is 12.2. The lowest BCUT2D eigenvalue weighted by molar-refractivity contribution is -0.116. The number of benzene rings is 1. The molecule has 0 fully saturated rings. The van der Waals surface area contributed by atoms with Crippen molar-refractivity contribution in [3.8, 4) is 5.75 Å². The highest BCUT2D eigenvalue weighted by Crippen LogP contribution is 2.20. The van der Waals surface area contributed by atoms with Crippen molar-refractivity contribution in [3.63, 3.8) is 0 Å². The fourth-order valence-electron chi connectivity index (χ4n) is 2.42. The number of aryl methyl sites for hydroxylation is 1. The minimum atomic E-state index is -0.0251. The van der Waals surface area contributed by atoms with Gasteiger partial charge in [0, 0.05) is 17.8 Å². The lowest BCUT2D eigenvalue weighted by Crippen LogP contribution is -2.19. The Bertz CT molecular complexity index is 659. The van der Waals surface area contributed by atoms with E-state index in [1.165, 1.54) is 5.56 Å². The fourth-order valence-corrected chi connectivity index (χ4v) is 2.42. The van der Waals surface area contributed by atoms with Crippen LogP contribution in [0, 0.1) is 20.8 Å². The number of amides is 1. The normalized spacial score (nSPS) is 12.0. The van der Waals surface area contributed by atoms with Crippen molar-refractivity contribution in [1.82, 2.24) is 9.78 Å². The number of carbonyl (C=O) groups is 1. The molecule has 1 heterocycles. The van der Waals surface area contributed by atoms with Gasteiger partial charge >= 0.3 is 0 Å². The second kappa shape index (κ2) is 6.64. The molecule has 0 bridgehead atoms. The van der Waals surface area contributed by atoms with Gasteiger partial charge in [-0.15, -0.1) is 0 Å². The standard InChI is InChI=1S/C17H23N3O2/c1-11(20-14(4)12(2)13(3)19-20)10-17(21)18-15-6-8-16(22-5)9-7-15/h6-9,11H,10H2,1-5H3,(H,18,21). The summed E-state index contributed by atoms with van der Waals surface area (Å²) in [5.41, 5.74) is 4.08. The highest BCUT2D eigenvalue weighted by Gasteiger charge is 2.16. The second-order valence-electron chi connectivity index (χ2n) is 5.57. The van der Waals surface area contributed by atoms with E-state index in [1.54, 1.807) is 7.11 Å². The number of rotatable bonds is 5. The summed E-state index contributed by atoms with van der Waals surface area (Å²) < 4.78 is 7.03. The van der Waals surface area contributed by atoms with E-state index in [9.17, 15) is 4.79 Å². The van der Waals surface area contributed by atoms with Crippen LogP contribution in [-0.4, -0.2) is 22.8 Å². The Hall–Kier alpha value is -2.30. The Morgan fingerprint density at radius 1 is 1.27 bits per heavy atom. The van der Waals surface area contributed by atoms with Crippen LogP contribution >= 0.6 is 0 Å². The highest BCUT2D eigenvalue weighted by atomic mass is 16.5. The van der Waals surface area contributed by atoms with Crippen molar-refractivity contribution < 1.29 is 9.53 Å². The first-order valence-corrected chi connectivity index (χ1v) is 7.38. The number of ether oxygens (including phenoxy) is 1. The Labute approximate surface area is 131 Å². The van der Waals surface area contributed by atoms with E-state index >= 15 is 0 Å². The maximum Gasteiger partial charge on any atom is 0.226 e. The zero-order valence-corrected chi connectivity index (χ0v) is 13.8. The van der Waals surface area contributed by atoms with Crippen molar-refractivity contribution in [2.75, 3.05) is 12.4 Å². The van der Waals surface area contributed by atoms with Crippen LogP contribution in [0.5, 0.6) is 5.75 Å². The number of nitrogens with zero attached hydrogens (tertiary/aromatic N) is 2. The van der Waals surface area contributed by atoms with Gasteiger partial charge in [-0.05, 0) is 57.5 Å². The Balaban J connectivity index is 2.00. The molecule has 0 aliphatic heterocycles. The van der Waals surface area contributed by atoms with Gasteiger partial charge in [-0.25, -0.2) is 0 Å². The molecule has 1 aromatic heterocycles. The van der Waals surface area contributed by atoms with Gasteiger partial charge in [0.2, 0.25) is 5.91 Å². The number of methoxy groups -OCH3 is 1. The topological polar surface area (TPSA) is 56.1 Å². The highest BCUT2D eigenvalue weighted by molar-refractivity contribution is 5.91. The van der Waals surface area contributed by atoms with Crippen molar-refractivity contribution in [3.05, 3.63) is 41.2 Å². The zero-order chi connectivity index (χ0) is 16.3. The molecule has 1 N–H and O–H groups in total. The lowest BCUT2D eigenvalue weighted by atomic mass is 10.2. The third kappa shape index (κ3) is 3.47. The summed E-state index contributed by atoms with van der Waals surface area (Å²) >= 11 is 0. The monoisotopic (exact) mass is 301 g/mol. The van der Waals surface area contributed by atoms with E-state index in [2.05, 4.69) is 17.3 Å². The summed E-state index contributed by atoms with van der Waals surface area (Å²) in [5.74, 6) is 0.743. The van der Waals surface area contributed by atoms with E-state index < -0.39 is 0 Å². The van der Waals surface area contributed by atoms with Crippen molar-refractivity contribution >= 4 is 11.6 Å². The van der Waals surface area contributed by atoms with Gasteiger partial charge in [0.05, 0.1) is 18.8 Å². The van der Waals surface area contributed by atoms with E-state index in [0.29, 0.717) is 6.42 Å². The maximum atomic E-state index is 12.2. The number of nitrogens with one attached hydrogen (secondary N) is 1. The first-order chi connectivity index (χ1) is 10.4. The van der Waals surface area contributed by atoms with Gasteiger partial charge in [0.25, 0.3) is 0 Å². The summed E-state index contributed by atoms with van der Waals surface area (Å²) in [7, 11) is 1.62. The Kier molecular flexibility index (Phi) is 4.85. The minimum absolute atomic E-state index is 0.0191. The molecular weight excluding hydrogens is 278 g/mol. The molecule has 0 radical (unpaired) electrons. The first kappa shape index (κ1) is 16.1. The molecule has 1 amide bonds. The lowest BCUT2D eigenvalue weighted by Gasteiger charge is -2.14. The average molecular weight is 301 g/mol. The van der Waals surface area contributed by atoms with Gasteiger partial charge in [-0.2, -0.15) is 5.10 Å². The molecule has 0 saturated heterocycles. The van der Waals surface area contributed by atoms with E-state index in [4.69, 9.17) is 4.74 Å². The number of aromatic nitrogens is 2. The van der Waals surface area contributed by atoms with Crippen molar-refractivity contribution in [2.24, 2.45) is 0 Å².